The summed E-state index contributed by atoms with van der Waals surface area (Å²) in [5.74, 6) is 0. The number of aromatic nitrogens is 1. The first kappa shape index (κ1) is 15.7. The molecule has 1 aromatic carbocycles. The van der Waals surface area contributed by atoms with E-state index in [2.05, 4.69) is 45.5 Å². The van der Waals surface area contributed by atoms with Gasteiger partial charge in [-0.1, -0.05) is 12.1 Å². The zero-order valence-corrected chi connectivity index (χ0v) is 15.1. The fraction of sp³-hybridized carbons (Fsp3) is 0.545. The van der Waals surface area contributed by atoms with E-state index >= 15 is 0 Å². The maximum absolute atomic E-state index is 3.63. The molecular formula is C22H29N3. The molecule has 132 valence electrons. The topological polar surface area (TPSA) is 31.1 Å². The molecule has 0 saturated carbocycles. The third kappa shape index (κ3) is 3.16. The highest BCUT2D eigenvalue weighted by Gasteiger charge is 2.27. The van der Waals surface area contributed by atoms with Crippen molar-refractivity contribution < 1.29 is 0 Å². The number of nitrogens with one attached hydrogen (secondary N) is 2. The van der Waals surface area contributed by atoms with Gasteiger partial charge in [-0.2, -0.15) is 0 Å². The lowest BCUT2D eigenvalue weighted by Gasteiger charge is -2.29. The highest BCUT2D eigenvalue weighted by Crippen LogP contribution is 2.33. The molecule has 2 atom stereocenters. The summed E-state index contributed by atoms with van der Waals surface area (Å²) in [5, 5.41) is 4.98. The van der Waals surface area contributed by atoms with Gasteiger partial charge in [0.2, 0.25) is 0 Å². The first-order chi connectivity index (χ1) is 12.3. The Labute approximate surface area is 150 Å². The average Bonchev–Trinajstić information content (AvgIpc) is 3.37. The molecule has 2 fully saturated rings. The van der Waals surface area contributed by atoms with Crippen molar-refractivity contribution in [2.45, 2.75) is 57.0 Å². The zero-order valence-electron chi connectivity index (χ0n) is 15.1. The Morgan fingerprint density at radius 1 is 1.12 bits per heavy atom. The summed E-state index contributed by atoms with van der Waals surface area (Å²) in [6.45, 7) is 3.64. The van der Waals surface area contributed by atoms with E-state index in [4.69, 9.17) is 0 Å². The van der Waals surface area contributed by atoms with E-state index in [-0.39, 0.29) is 0 Å². The van der Waals surface area contributed by atoms with Gasteiger partial charge in [0.05, 0.1) is 0 Å². The third-order valence-corrected chi connectivity index (χ3v) is 6.50. The van der Waals surface area contributed by atoms with Crippen molar-refractivity contribution in [3.63, 3.8) is 0 Å². The number of rotatable bonds is 4. The van der Waals surface area contributed by atoms with E-state index in [0.29, 0.717) is 0 Å². The number of aromatic amines is 1. The number of aryl methyl sites for hydroxylation is 1. The normalized spacial score (nSPS) is 27.0. The molecule has 0 amide bonds. The molecule has 0 bridgehead atoms. The Morgan fingerprint density at radius 3 is 3.04 bits per heavy atom. The Bertz CT molecular complexity index is 782. The van der Waals surface area contributed by atoms with Crippen molar-refractivity contribution in [1.29, 1.82) is 0 Å². The van der Waals surface area contributed by atoms with Gasteiger partial charge in [-0.25, -0.2) is 0 Å². The van der Waals surface area contributed by atoms with Crippen LogP contribution < -0.4 is 5.32 Å². The van der Waals surface area contributed by atoms with Crippen molar-refractivity contribution in [1.82, 2.24) is 15.2 Å². The molecule has 0 spiro atoms. The van der Waals surface area contributed by atoms with Gasteiger partial charge < -0.3 is 10.3 Å². The number of hydrogen-bond acceptors (Lipinski definition) is 2. The summed E-state index contributed by atoms with van der Waals surface area (Å²) in [6, 6.07) is 10.9. The summed E-state index contributed by atoms with van der Waals surface area (Å²) in [5.41, 5.74) is 5.67. The highest BCUT2D eigenvalue weighted by molar-refractivity contribution is 5.85. The maximum Gasteiger partial charge on any atom is 0.0456 e. The van der Waals surface area contributed by atoms with Crippen LogP contribution in [0, 0.1) is 0 Å². The summed E-state index contributed by atoms with van der Waals surface area (Å²) in [4.78, 5) is 6.28. The molecular weight excluding hydrogens is 306 g/mol. The van der Waals surface area contributed by atoms with Gasteiger partial charge in [0.1, 0.15) is 0 Å². The molecule has 3 aliphatic rings. The van der Waals surface area contributed by atoms with Gasteiger partial charge in [-0.05, 0) is 87.4 Å². The molecule has 2 saturated heterocycles. The summed E-state index contributed by atoms with van der Waals surface area (Å²) < 4.78 is 0. The molecule has 0 radical (unpaired) electrons. The van der Waals surface area contributed by atoms with Crippen LogP contribution in [0.15, 0.2) is 30.3 Å². The molecule has 25 heavy (non-hydrogen) atoms. The molecule has 2 N–H and O–H groups in total. The van der Waals surface area contributed by atoms with Gasteiger partial charge in [0.15, 0.2) is 0 Å². The highest BCUT2D eigenvalue weighted by atomic mass is 15.2. The first-order valence-corrected chi connectivity index (χ1v) is 10.1. The van der Waals surface area contributed by atoms with Crippen molar-refractivity contribution in [3.8, 4) is 0 Å². The predicted molar refractivity (Wildman–Crippen MR) is 105 cm³/mol. The molecule has 4 heterocycles. The van der Waals surface area contributed by atoms with Crippen LogP contribution in [0.25, 0.3) is 16.5 Å². The summed E-state index contributed by atoms with van der Waals surface area (Å²) in [7, 11) is 0. The Kier molecular flexibility index (Phi) is 4.15. The zero-order chi connectivity index (χ0) is 16.6. The van der Waals surface area contributed by atoms with Crippen molar-refractivity contribution in [2.75, 3.05) is 19.6 Å². The summed E-state index contributed by atoms with van der Waals surface area (Å²) in [6.07, 6.45) is 11.5. The molecule has 3 aliphatic heterocycles. The average molecular weight is 335 g/mol. The largest absolute Gasteiger partial charge is 0.358 e. The number of hydrogen-bond donors (Lipinski definition) is 2. The van der Waals surface area contributed by atoms with Crippen LogP contribution >= 0.6 is 0 Å². The SMILES string of the molecule is C1=C(c2ccc3[nH]c(CC[C@@H]4CCCN4)cc3c2)C[C@H]2CCCN2C1. The van der Waals surface area contributed by atoms with Crippen LogP contribution in [-0.4, -0.2) is 41.6 Å². The van der Waals surface area contributed by atoms with E-state index < -0.39 is 0 Å². The predicted octanol–water partition coefficient (Wildman–Crippen LogP) is 4.10. The Balaban J connectivity index is 1.33. The van der Waals surface area contributed by atoms with Crippen molar-refractivity contribution >= 4 is 16.5 Å². The van der Waals surface area contributed by atoms with E-state index in [1.807, 2.05) is 0 Å². The molecule has 0 unspecified atom stereocenters. The second-order valence-corrected chi connectivity index (χ2v) is 8.15. The number of nitrogens with zero attached hydrogens (tertiary/aromatic N) is 1. The van der Waals surface area contributed by atoms with Gasteiger partial charge in [-0.15, -0.1) is 0 Å². The summed E-state index contributed by atoms with van der Waals surface area (Å²) >= 11 is 0. The van der Waals surface area contributed by atoms with E-state index in [0.717, 1.165) is 25.0 Å². The first-order valence-electron chi connectivity index (χ1n) is 10.1. The van der Waals surface area contributed by atoms with Gasteiger partial charge >= 0.3 is 0 Å². The smallest absolute Gasteiger partial charge is 0.0456 e. The lowest BCUT2D eigenvalue weighted by atomic mass is 9.93. The fourth-order valence-corrected chi connectivity index (χ4v) is 5.03. The van der Waals surface area contributed by atoms with Crippen LogP contribution in [0.5, 0.6) is 0 Å². The molecule has 1 aromatic heterocycles. The second kappa shape index (κ2) is 6.62. The number of H-pyrrole nitrogens is 1. The van der Waals surface area contributed by atoms with Crippen molar-refractivity contribution in [2.24, 2.45) is 0 Å². The molecule has 2 aromatic rings. The van der Waals surface area contributed by atoms with Crippen LogP contribution in [0.3, 0.4) is 0 Å². The fourth-order valence-electron chi connectivity index (χ4n) is 5.03. The van der Waals surface area contributed by atoms with Gasteiger partial charge in [0.25, 0.3) is 0 Å². The number of fused-ring (bicyclic) bond motifs is 2. The maximum atomic E-state index is 3.63. The van der Waals surface area contributed by atoms with Crippen LogP contribution in [-0.2, 0) is 6.42 Å². The molecule has 3 nitrogen and oxygen atoms in total. The standard InChI is InChI=1S/C22H29N3/c1-3-19(23-10-1)6-7-20-14-18-13-16(5-8-22(18)24-20)17-9-12-25-11-2-4-21(25)15-17/h5,8-9,13-14,19,21,23-24H,1-4,6-7,10-12,15H2/t19-,21+/m0/s1. The lowest BCUT2D eigenvalue weighted by Crippen LogP contribution is -2.32. The van der Waals surface area contributed by atoms with Crippen LogP contribution in [0.2, 0.25) is 0 Å². The molecule has 3 heteroatoms. The Morgan fingerprint density at radius 2 is 2.12 bits per heavy atom. The molecule has 0 aliphatic carbocycles. The van der Waals surface area contributed by atoms with Crippen molar-refractivity contribution in [3.05, 3.63) is 41.6 Å². The third-order valence-electron chi connectivity index (χ3n) is 6.50. The van der Waals surface area contributed by atoms with Crippen LogP contribution in [0.4, 0.5) is 0 Å². The van der Waals surface area contributed by atoms with Gasteiger partial charge in [0, 0.05) is 35.2 Å². The minimum Gasteiger partial charge on any atom is -0.358 e. The lowest BCUT2D eigenvalue weighted by molar-refractivity contribution is 0.275. The minimum absolute atomic E-state index is 0.726. The van der Waals surface area contributed by atoms with E-state index in [9.17, 15) is 0 Å². The second-order valence-electron chi connectivity index (χ2n) is 8.15. The molecule has 5 rings (SSSR count). The van der Waals surface area contributed by atoms with E-state index in [1.54, 1.807) is 5.57 Å². The Hall–Kier alpha value is -1.58. The number of benzene rings is 1. The van der Waals surface area contributed by atoms with Crippen LogP contribution in [0.1, 0.15) is 49.8 Å². The monoisotopic (exact) mass is 335 g/mol. The minimum atomic E-state index is 0.726. The quantitative estimate of drug-likeness (QED) is 0.881. The van der Waals surface area contributed by atoms with Gasteiger partial charge in [-0.3, -0.25) is 4.90 Å². The van der Waals surface area contributed by atoms with E-state index in [1.165, 1.54) is 73.8 Å².